The summed E-state index contributed by atoms with van der Waals surface area (Å²) in [5, 5.41) is 5.89. The van der Waals surface area contributed by atoms with Crippen molar-refractivity contribution in [2.75, 3.05) is 18.0 Å². The van der Waals surface area contributed by atoms with E-state index in [0.717, 1.165) is 24.5 Å². The number of para-hydroxylation sites is 2. The molecule has 0 bridgehead atoms. The second-order valence-corrected chi connectivity index (χ2v) is 6.90. The van der Waals surface area contributed by atoms with Crippen LogP contribution in [-0.2, 0) is 11.3 Å². The number of fused-ring (bicyclic) bond motifs is 1. The normalized spacial score (nSPS) is 17.3. The molecule has 1 saturated heterocycles. The van der Waals surface area contributed by atoms with E-state index in [0.29, 0.717) is 17.6 Å². The molecule has 3 heterocycles. The minimum absolute atomic E-state index is 0.0418. The van der Waals surface area contributed by atoms with E-state index in [2.05, 4.69) is 15.2 Å². The number of nitrogens with one attached hydrogen (secondary N) is 1. The van der Waals surface area contributed by atoms with Crippen LogP contribution < -0.4 is 16.0 Å². The van der Waals surface area contributed by atoms with Gasteiger partial charge in [0, 0.05) is 30.7 Å². The van der Waals surface area contributed by atoms with Gasteiger partial charge < -0.3 is 14.6 Å². The third-order valence-corrected chi connectivity index (χ3v) is 5.26. The summed E-state index contributed by atoms with van der Waals surface area (Å²) in [6.07, 6.45) is 3.91. The summed E-state index contributed by atoms with van der Waals surface area (Å²) < 4.78 is 6.52. The van der Waals surface area contributed by atoms with Crippen molar-refractivity contribution >= 4 is 33.5 Å². The molecule has 1 aliphatic heterocycles. The van der Waals surface area contributed by atoms with Crippen LogP contribution in [-0.4, -0.2) is 34.6 Å². The highest BCUT2D eigenvalue weighted by Crippen LogP contribution is 2.26. The van der Waals surface area contributed by atoms with Gasteiger partial charge in [-0.2, -0.15) is 0 Å². The van der Waals surface area contributed by atoms with Crippen LogP contribution >= 0.6 is 11.3 Å². The van der Waals surface area contributed by atoms with E-state index in [1.165, 1.54) is 4.57 Å². The molecule has 25 heavy (non-hydrogen) atoms. The van der Waals surface area contributed by atoms with Crippen molar-refractivity contribution in [3.05, 3.63) is 46.4 Å². The van der Waals surface area contributed by atoms with Crippen LogP contribution in [0, 0.1) is 0 Å². The lowest BCUT2D eigenvalue weighted by molar-refractivity contribution is -0.121. The van der Waals surface area contributed by atoms with Crippen LogP contribution in [0.2, 0.25) is 0 Å². The van der Waals surface area contributed by atoms with Gasteiger partial charge in [-0.05, 0) is 25.0 Å². The van der Waals surface area contributed by atoms with Gasteiger partial charge in [-0.25, -0.2) is 9.78 Å². The zero-order chi connectivity index (χ0) is 17.2. The molecule has 8 heteroatoms. The molecule has 3 aromatic rings. The molecule has 1 atom stereocenters. The van der Waals surface area contributed by atoms with E-state index in [4.69, 9.17) is 4.42 Å². The number of benzene rings is 1. The Hall–Kier alpha value is -2.61. The lowest BCUT2D eigenvalue weighted by Gasteiger charge is -2.24. The summed E-state index contributed by atoms with van der Waals surface area (Å²) in [6, 6.07) is 7.34. The molecule has 1 aromatic carbocycles. The number of carbonyl (C=O) groups is 1. The Kier molecular flexibility index (Phi) is 4.27. The van der Waals surface area contributed by atoms with E-state index in [1.807, 2.05) is 11.4 Å². The van der Waals surface area contributed by atoms with Crippen LogP contribution in [0.1, 0.15) is 12.8 Å². The van der Waals surface area contributed by atoms with Crippen molar-refractivity contribution in [1.82, 2.24) is 14.9 Å². The maximum atomic E-state index is 12.3. The number of rotatable bonds is 5. The highest BCUT2D eigenvalue weighted by molar-refractivity contribution is 7.13. The minimum atomic E-state index is -0.512. The van der Waals surface area contributed by atoms with Crippen molar-refractivity contribution in [3.63, 3.8) is 0 Å². The second-order valence-electron chi connectivity index (χ2n) is 6.03. The zero-order valence-electron chi connectivity index (χ0n) is 13.6. The Bertz CT molecular complexity index is 931. The van der Waals surface area contributed by atoms with E-state index < -0.39 is 5.76 Å². The van der Waals surface area contributed by atoms with Crippen molar-refractivity contribution in [1.29, 1.82) is 0 Å². The summed E-state index contributed by atoms with van der Waals surface area (Å²) in [5.74, 6) is -0.707. The maximum absolute atomic E-state index is 12.3. The fraction of sp³-hybridized carbons (Fsp3) is 0.353. The molecule has 0 aliphatic carbocycles. The van der Waals surface area contributed by atoms with Gasteiger partial charge >= 0.3 is 5.76 Å². The van der Waals surface area contributed by atoms with Crippen LogP contribution in [0.25, 0.3) is 11.1 Å². The molecule has 7 nitrogen and oxygen atoms in total. The molecule has 1 amide bonds. The summed E-state index contributed by atoms with van der Waals surface area (Å²) in [7, 11) is 0. The van der Waals surface area contributed by atoms with E-state index in [1.54, 1.807) is 35.7 Å². The van der Waals surface area contributed by atoms with Gasteiger partial charge in [-0.3, -0.25) is 9.36 Å². The topological polar surface area (TPSA) is 80.4 Å². The Labute approximate surface area is 147 Å². The maximum Gasteiger partial charge on any atom is 0.420 e. The van der Waals surface area contributed by atoms with Gasteiger partial charge in [-0.15, -0.1) is 11.3 Å². The van der Waals surface area contributed by atoms with Gasteiger partial charge in [0.2, 0.25) is 5.91 Å². The lowest BCUT2D eigenvalue weighted by atomic mass is 10.2. The Morgan fingerprint density at radius 2 is 2.28 bits per heavy atom. The molecule has 2 aromatic heterocycles. The number of hydrogen-bond donors (Lipinski definition) is 1. The number of nitrogens with zero attached hydrogens (tertiary/aromatic N) is 3. The first kappa shape index (κ1) is 15.9. The Morgan fingerprint density at radius 1 is 1.40 bits per heavy atom. The third kappa shape index (κ3) is 3.17. The second kappa shape index (κ2) is 6.72. The van der Waals surface area contributed by atoms with Crippen molar-refractivity contribution in [3.8, 4) is 0 Å². The fourth-order valence-corrected chi connectivity index (χ4v) is 3.99. The average Bonchev–Trinajstić information content (AvgIpc) is 3.33. The number of carbonyl (C=O) groups excluding carboxylic acids is 1. The number of hydrogen-bond acceptors (Lipinski definition) is 6. The summed E-state index contributed by atoms with van der Waals surface area (Å²) >= 11 is 1.61. The van der Waals surface area contributed by atoms with Gasteiger partial charge in [0.25, 0.3) is 0 Å². The largest absolute Gasteiger partial charge is 0.420 e. The van der Waals surface area contributed by atoms with Gasteiger partial charge in [0.1, 0.15) is 6.54 Å². The van der Waals surface area contributed by atoms with E-state index in [-0.39, 0.29) is 18.5 Å². The molecule has 130 valence electrons. The monoisotopic (exact) mass is 358 g/mol. The number of thiazole rings is 1. The lowest BCUT2D eigenvalue weighted by Crippen LogP contribution is -2.41. The molecule has 0 spiro atoms. The first-order valence-corrected chi connectivity index (χ1v) is 9.11. The van der Waals surface area contributed by atoms with Crippen LogP contribution in [0.15, 0.2) is 45.1 Å². The minimum Gasteiger partial charge on any atom is -0.408 e. The van der Waals surface area contributed by atoms with Gasteiger partial charge in [0.15, 0.2) is 10.7 Å². The number of anilines is 1. The van der Waals surface area contributed by atoms with Gasteiger partial charge in [-0.1, -0.05) is 12.1 Å². The molecule has 0 saturated carbocycles. The number of aromatic nitrogens is 2. The predicted molar refractivity (Wildman–Crippen MR) is 96.0 cm³/mol. The van der Waals surface area contributed by atoms with Gasteiger partial charge in [0.05, 0.1) is 5.52 Å². The fourth-order valence-electron chi connectivity index (χ4n) is 3.25. The van der Waals surface area contributed by atoms with Crippen LogP contribution in [0.5, 0.6) is 0 Å². The summed E-state index contributed by atoms with van der Waals surface area (Å²) in [4.78, 5) is 30.9. The standard InChI is InChI=1S/C17H18N4O3S/c22-15(11-21-13-5-1-2-6-14(13)24-17(21)23)19-10-12-4-3-8-20(12)16-18-7-9-25-16/h1-2,5-7,9,12H,3-4,8,10-11H2,(H,19,22). The highest BCUT2D eigenvalue weighted by atomic mass is 32.1. The molecule has 4 rings (SSSR count). The quantitative estimate of drug-likeness (QED) is 0.753. The molecule has 1 N–H and O–H groups in total. The molecular formula is C17H18N4O3S. The number of amides is 1. The summed E-state index contributed by atoms with van der Waals surface area (Å²) in [5.41, 5.74) is 1.12. The average molecular weight is 358 g/mol. The molecule has 0 radical (unpaired) electrons. The smallest absolute Gasteiger partial charge is 0.408 e. The predicted octanol–water partition coefficient (Wildman–Crippen LogP) is 1.84. The summed E-state index contributed by atoms with van der Waals surface area (Å²) in [6.45, 7) is 1.46. The Balaban J connectivity index is 1.41. The molecule has 1 aliphatic rings. The first-order valence-electron chi connectivity index (χ1n) is 8.23. The third-order valence-electron chi connectivity index (χ3n) is 4.45. The van der Waals surface area contributed by atoms with Crippen molar-refractivity contribution in [2.24, 2.45) is 0 Å². The SMILES string of the molecule is O=C(Cn1c(=O)oc2ccccc21)NCC1CCCN1c1nccs1. The molecular weight excluding hydrogens is 340 g/mol. The van der Waals surface area contributed by atoms with Crippen molar-refractivity contribution in [2.45, 2.75) is 25.4 Å². The van der Waals surface area contributed by atoms with Crippen molar-refractivity contribution < 1.29 is 9.21 Å². The van der Waals surface area contributed by atoms with E-state index in [9.17, 15) is 9.59 Å². The molecule has 1 fully saturated rings. The Morgan fingerprint density at radius 3 is 3.12 bits per heavy atom. The number of oxazole rings is 1. The van der Waals surface area contributed by atoms with Crippen LogP contribution in [0.4, 0.5) is 5.13 Å². The van der Waals surface area contributed by atoms with E-state index >= 15 is 0 Å². The van der Waals surface area contributed by atoms with Crippen LogP contribution in [0.3, 0.4) is 0 Å². The highest BCUT2D eigenvalue weighted by Gasteiger charge is 2.26. The first-order chi connectivity index (χ1) is 12.2. The molecule has 1 unspecified atom stereocenters. The zero-order valence-corrected chi connectivity index (χ0v) is 14.4.